The molecule has 0 aliphatic heterocycles. The number of benzene rings is 1. The summed E-state index contributed by atoms with van der Waals surface area (Å²) in [5.74, 6) is 1.06. The van der Waals surface area contributed by atoms with Crippen molar-refractivity contribution >= 4 is 28.3 Å². The molecule has 0 radical (unpaired) electrons. The van der Waals surface area contributed by atoms with E-state index in [4.69, 9.17) is 5.73 Å². The molecule has 0 spiro atoms. The lowest BCUT2D eigenvalue weighted by Crippen LogP contribution is -2.65. The van der Waals surface area contributed by atoms with Gasteiger partial charge < -0.3 is 15.8 Å². The van der Waals surface area contributed by atoms with Crippen molar-refractivity contribution in [3.8, 4) is 0 Å². The van der Waals surface area contributed by atoms with Crippen LogP contribution in [0.4, 0.5) is 5.82 Å². The van der Waals surface area contributed by atoms with E-state index in [2.05, 4.69) is 94.1 Å². The van der Waals surface area contributed by atoms with Gasteiger partial charge in [0.2, 0.25) is 0 Å². The zero-order valence-electron chi connectivity index (χ0n) is 28.4. The number of carbonyl (C=O) groups is 1. The Hall–Kier alpha value is -3.02. The third-order valence-corrected chi connectivity index (χ3v) is 15.3. The monoisotopic (exact) mass is 608 g/mol. The van der Waals surface area contributed by atoms with Crippen LogP contribution < -0.4 is 5.73 Å². The number of nitrogens with one attached hydrogen (secondary N) is 2. The number of hydrogen-bond acceptors (Lipinski definition) is 3. The first-order chi connectivity index (χ1) is 21.1. The molecular weight excluding hydrogens is 556 g/mol. The van der Waals surface area contributed by atoms with E-state index in [1.165, 1.54) is 39.8 Å². The van der Waals surface area contributed by atoms with E-state index in [1.807, 2.05) is 0 Å². The van der Waals surface area contributed by atoms with E-state index >= 15 is 0 Å². The van der Waals surface area contributed by atoms with Crippen LogP contribution in [0.25, 0.3) is 16.5 Å². The third kappa shape index (κ3) is 3.52. The Bertz CT molecular complexity index is 1780. The molecule has 3 fully saturated rings. The summed E-state index contributed by atoms with van der Waals surface area (Å²) in [5.41, 5.74) is 13.8. The van der Waals surface area contributed by atoms with Gasteiger partial charge in [-0.05, 0) is 120 Å². The molecule has 5 aliphatic carbocycles. The number of aromatic nitrogens is 3. The second-order valence-electron chi connectivity index (χ2n) is 18.0. The Morgan fingerprint density at radius 2 is 1.73 bits per heavy atom. The molecule has 3 saturated carbocycles. The number of nitrogen functional groups attached to an aromatic ring is 1. The maximum absolute atomic E-state index is 13.5. The number of carboxylic acid groups (broad SMARTS) is 1. The molecule has 0 amide bonds. The van der Waals surface area contributed by atoms with Gasteiger partial charge in [-0.2, -0.15) is 5.10 Å². The van der Waals surface area contributed by atoms with Gasteiger partial charge in [0.1, 0.15) is 5.82 Å². The molecule has 5 aliphatic rings. The first-order valence-electron chi connectivity index (χ1n) is 17.5. The van der Waals surface area contributed by atoms with E-state index in [0.717, 1.165) is 56.9 Å². The fourth-order valence-corrected chi connectivity index (χ4v) is 12.8. The van der Waals surface area contributed by atoms with Gasteiger partial charge in [0.15, 0.2) is 0 Å². The lowest BCUT2D eigenvalue weighted by molar-refractivity contribution is -0.175. The van der Waals surface area contributed by atoms with Gasteiger partial charge in [0.05, 0.1) is 5.41 Å². The molecule has 8 rings (SSSR count). The minimum Gasteiger partial charge on any atom is -0.481 e. The normalized spacial score (nSPS) is 39.8. The number of fused-ring (bicyclic) bond motifs is 9. The van der Waals surface area contributed by atoms with Crippen molar-refractivity contribution in [1.82, 2.24) is 15.2 Å². The van der Waals surface area contributed by atoms with E-state index in [-0.39, 0.29) is 33.0 Å². The van der Waals surface area contributed by atoms with Crippen LogP contribution in [0.2, 0.25) is 0 Å². The van der Waals surface area contributed by atoms with Crippen LogP contribution in [0.3, 0.4) is 0 Å². The molecule has 2 aromatic heterocycles. The molecule has 7 atom stereocenters. The number of hydrogen-bond donors (Lipinski definition) is 4. The number of rotatable bonds is 2. The van der Waals surface area contributed by atoms with Gasteiger partial charge in [0.25, 0.3) is 0 Å². The van der Waals surface area contributed by atoms with Crippen molar-refractivity contribution in [3.05, 3.63) is 52.9 Å². The highest BCUT2D eigenvalue weighted by Gasteiger charge is 2.70. The standard InChI is InChI=1S/C39H52N4O2/c1-34(2)14-16-39(33(44)45)17-15-38(7)30(26(39)21-34)24(22-9-8-10-27-23(22)12-18-41-27)19-29-36(5)20-25-31(42-43-32(25)40)35(3,4)28(36)11-13-37(29,38)6/h8-10,12,18,26,28-29,41H,11,13-17,19-21H2,1-7H3,(H,44,45)(H3,40,42,43)/t26?,28?,29?,36-,37+,38+,39-/m0/s1. The molecule has 240 valence electrons. The summed E-state index contributed by atoms with van der Waals surface area (Å²) >= 11 is 0. The van der Waals surface area contributed by atoms with E-state index in [1.54, 1.807) is 0 Å². The fourth-order valence-electron chi connectivity index (χ4n) is 12.8. The van der Waals surface area contributed by atoms with Crippen LogP contribution >= 0.6 is 0 Å². The fraction of sp³-hybridized carbons (Fsp3) is 0.641. The van der Waals surface area contributed by atoms with Crippen LogP contribution in [0, 0.1) is 44.8 Å². The molecule has 3 aromatic rings. The zero-order chi connectivity index (χ0) is 31.9. The molecule has 0 saturated heterocycles. The first kappa shape index (κ1) is 29.4. The first-order valence-corrected chi connectivity index (χ1v) is 17.5. The van der Waals surface area contributed by atoms with Gasteiger partial charge in [0, 0.05) is 33.8 Å². The number of carboxylic acids is 1. The van der Waals surface area contributed by atoms with Crippen LogP contribution in [0.5, 0.6) is 0 Å². The maximum atomic E-state index is 13.5. The molecule has 6 heteroatoms. The number of aliphatic carboxylic acids is 1. The molecular formula is C39H52N4O2. The molecule has 3 unspecified atom stereocenters. The molecule has 45 heavy (non-hydrogen) atoms. The average Bonchev–Trinajstić information content (AvgIpc) is 3.59. The molecule has 6 nitrogen and oxygen atoms in total. The number of aromatic amines is 2. The van der Waals surface area contributed by atoms with Crippen LogP contribution in [-0.2, 0) is 16.6 Å². The minimum absolute atomic E-state index is 0.0283. The Morgan fingerprint density at radius 1 is 0.978 bits per heavy atom. The number of allylic oxidation sites excluding steroid dienone is 2. The lowest BCUT2D eigenvalue weighted by Gasteiger charge is -2.71. The Kier molecular flexibility index (Phi) is 5.79. The molecule has 1 aromatic carbocycles. The van der Waals surface area contributed by atoms with Gasteiger partial charge in [-0.25, -0.2) is 0 Å². The smallest absolute Gasteiger partial charge is 0.310 e. The molecule has 2 heterocycles. The maximum Gasteiger partial charge on any atom is 0.310 e. The largest absolute Gasteiger partial charge is 0.481 e. The van der Waals surface area contributed by atoms with Crippen molar-refractivity contribution in [1.29, 1.82) is 0 Å². The second kappa shape index (κ2) is 8.86. The molecule has 0 bridgehead atoms. The van der Waals surface area contributed by atoms with Crippen LogP contribution in [0.1, 0.15) is 117 Å². The highest BCUT2D eigenvalue weighted by atomic mass is 16.4. The van der Waals surface area contributed by atoms with E-state index < -0.39 is 11.4 Å². The summed E-state index contributed by atoms with van der Waals surface area (Å²) in [5, 5.41) is 20.2. The van der Waals surface area contributed by atoms with E-state index in [0.29, 0.717) is 17.7 Å². The summed E-state index contributed by atoms with van der Waals surface area (Å²) in [7, 11) is 0. The Labute approximate surface area is 268 Å². The number of anilines is 1. The summed E-state index contributed by atoms with van der Waals surface area (Å²) in [6, 6.07) is 8.92. The third-order valence-electron chi connectivity index (χ3n) is 15.3. The van der Waals surface area contributed by atoms with Crippen LogP contribution in [-0.4, -0.2) is 26.3 Å². The van der Waals surface area contributed by atoms with Gasteiger partial charge >= 0.3 is 5.97 Å². The van der Waals surface area contributed by atoms with Gasteiger partial charge in [-0.15, -0.1) is 0 Å². The highest BCUT2D eigenvalue weighted by Crippen LogP contribution is 2.77. The van der Waals surface area contributed by atoms with Crippen molar-refractivity contribution in [2.45, 2.75) is 112 Å². The average molecular weight is 609 g/mol. The number of nitrogens with zero attached hydrogens (tertiary/aromatic N) is 1. The quantitative estimate of drug-likeness (QED) is 0.233. The SMILES string of the molecule is CC1(C)CC[C@]2(C(=O)O)CC[C@]3(C)C(=C(c4cccc5[nH]ccc45)CC4[C@@]5(C)Cc6c(N)n[nH]c6C(C)(C)C5CC[C@]43C)C2C1. The predicted octanol–water partition coefficient (Wildman–Crippen LogP) is 8.90. The summed E-state index contributed by atoms with van der Waals surface area (Å²) < 4.78 is 0. The van der Waals surface area contributed by atoms with Gasteiger partial charge in [-0.3, -0.25) is 9.89 Å². The van der Waals surface area contributed by atoms with Crippen LogP contribution in [0.15, 0.2) is 36.0 Å². The van der Waals surface area contributed by atoms with E-state index in [9.17, 15) is 9.90 Å². The zero-order valence-corrected chi connectivity index (χ0v) is 28.4. The summed E-state index contributed by atoms with van der Waals surface area (Å²) in [6.45, 7) is 17.3. The van der Waals surface area contributed by atoms with Crippen molar-refractivity contribution in [2.24, 2.45) is 44.8 Å². The number of H-pyrrole nitrogens is 2. The predicted molar refractivity (Wildman–Crippen MR) is 181 cm³/mol. The topological polar surface area (TPSA) is 108 Å². The Balaban J connectivity index is 1.41. The van der Waals surface area contributed by atoms with Crippen molar-refractivity contribution in [3.63, 3.8) is 0 Å². The summed E-state index contributed by atoms with van der Waals surface area (Å²) in [6.07, 6.45) is 10.7. The van der Waals surface area contributed by atoms with Crippen molar-refractivity contribution in [2.75, 3.05) is 5.73 Å². The minimum atomic E-state index is -0.682. The highest BCUT2D eigenvalue weighted by molar-refractivity contribution is 5.94. The molecule has 5 N–H and O–H groups in total. The Morgan fingerprint density at radius 3 is 2.49 bits per heavy atom. The second-order valence-corrected chi connectivity index (χ2v) is 18.0. The lowest BCUT2D eigenvalue weighted by atomic mass is 9.32. The summed E-state index contributed by atoms with van der Waals surface area (Å²) in [4.78, 5) is 16.9. The van der Waals surface area contributed by atoms with Crippen molar-refractivity contribution < 1.29 is 9.90 Å². The number of nitrogens with two attached hydrogens (primary N) is 1. The van der Waals surface area contributed by atoms with Gasteiger partial charge in [-0.1, -0.05) is 66.2 Å².